The Kier molecular flexibility index (Phi) is 5.35. The summed E-state index contributed by atoms with van der Waals surface area (Å²) in [6.45, 7) is 11.3. The largest absolute Gasteiger partial charge is 0.330 e. The molecule has 0 aliphatic carbocycles. The molecule has 0 unspecified atom stereocenters. The highest BCUT2D eigenvalue weighted by molar-refractivity contribution is 4.76. The third-order valence-corrected chi connectivity index (χ3v) is 2.53. The number of hydrogen-bond donors (Lipinski definition) is 1. The minimum atomic E-state index is 0.821. The second kappa shape index (κ2) is 6.35. The quantitative estimate of drug-likeness (QED) is 0.676. The van der Waals surface area contributed by atoms with Crippen molar-refractivity contribution in [3.63, 3.8) is 0 Å². The van der Waals surface area contributed by atoms with E-state index in [9.17, 15) is 0 Å². The number of piperazine rings is 1. The summed E-state index contributed by atoms with van der Waals surface area (Å²) in [7, 11) is 0. The summed E-state index contributed by atoms with van der Waals surface area (Å²) >= 11 is 0. The van der Waals surface area contributed by atoms with Crippen LogP contribution in [0.25, 0.3) is 0 Å². The highest BCUT2D eigenvalue weighted by atomic mass is 15.3. The molecule has 3 heteroatoms. The Hall–Kier alpha value is -0.120. The monoisotopic (exact) mass is 184 g/mol. The van der Waals surface area contributed by atoms with Gasteiger partial charge in [-0.05, 0) is 25.9 Å². The van der Waals surface area contributed by atoms with Gasteiger partial charge >= 0.3 is 0 Å². The molecular weight excluding hydrogens is 162 g/mol. The summed E-state index contributed by atoms with van der Waals surface area (Å²) in [5, 5.41) is 0. The van der Waals surface area contributed by atoms with E-state index in [1.807, 2.05) is 0 Å². The Morgan fingerprint density at radius 3 is 2.46 bits per heavy atom. The molecule has 0 spiro atoms. The average molecular weight is 184 g/mol. The van der Waals surface area contributed by atoms with Crippen molar-refractivity contribution in [2.75, 3.05) is 39.3 Å². The average Bonchev–Trinajstić information content (AvgIpc) is 2.17. The van der Waals surface area contributed by atoms with Gasteiger partial charge in [0.25, 0.3) is 0 Å². The van der Waals surface area contributed by atoms with E-state index >= 15 is 0 Å². The van der Waals surface area contributed by atoms with Gasteiger partial charge in [0.2, 0.25) is 0 Å². The van der Waals surface area contributed by atoms with E-state index in [-0.39, 0.29) is 0 Å². The van der Waals surface area contributed by atoms with Crippen LogP contribution < -0.4 is 5.73 Å². The van der Waals surface area contributed by atoms with Gasteiger partial charge in [0, 0.05) is 32.7 Å². The lowest BCUT2D eigenvalue weighted by Crippen LogP contribution is -2.45. The molecule has 13 heavy (non-hydrogen) atoms. The fourth-order valence-corrected chi connectivity index (χ4v) is 1.74. The molecule has 77 valence electrons. The van der Waals surface area contributed by atoms with Crippen molar-refractivity contribution in [1.29, 1.82) is 0 Å². The van der Waals surface area contributed by atoms with Crippen LogP contribution in [0.3, 0.4) is 0 Å². The number of nitrogens with zero attached hydrogens (tertiary/aromatic N) is 2. The maximum Gasteiger partial charge on any atom is 0.0249 e. The van der Waals surface area contributed by atoms with Gasteiger partial charge in [-0.3, -0.25) is 4.90 Å². The molecular formula is C10H22N3. The first-order valence-corrected chi connectivity index (χ1v) is 5.36. The van der Waals surface area contributed by atoms with Crippen molar-refractivity contribution >= 4 is 0 Å². The first-order valence-electron chi connectivity index (χ1n) is 5.36. The predicted octanol–water partition coefficient (Wildman–Crippen LogP) is 0.525. The standard InChI is InChI=1S/C10H22N3/c1-2-5-12-7-9-13(10-8-12)6-3-4-11/h5H,2-4,6-11H2,1H3. The van der Waals surface area contributed by atoms with Crippen LogP contribution in [0.4, 0.5) is 0 Å². The van der Waals surface area contributed by atoms with Crippen molar-refractivity contribution < 1.29 is 0 Å². The molecule has 0 atom stereocenters. The fraction of sp³-hybridized carbons (Fsp3) is 0.900. The lowest BCUT2D eigenvalue weighted by molar-refractivity contribution is 0.152. The van der Waals surface area contributed by atoms with Gasteiger partial charge in [0.15, 0.2) is 0 Å². The third kappa shape index (κ3) is 4.07. The predicted molar refractivity (Wildman–Crippen MR) is 56.3 cm³/mol. The Balaban J connectivity index is 2.08. The molecule has 1 heterocycles. The highest BCUT2D eigenvalue weighted by Gasteiger charge is 2.14. The summed E-state index contributed by atoms with van der Waals surface area (Å²) in [6.07, 6.45) is 2.29. The molecule has 0 amide bonds. The minimum Gasteiger partial charge on any atom is -0.330 e. The zero-order chi connectivity index (χ0) is 9.52. The molecule has 1 aliphatic rings. The lowest BCUT2D eigenvalue weighted by Gasteiger charge is -2.34. The third-order valence-electron chi connectivity index (χ3n) is 2.53. The summed E-state index contributed by atoms with van der Waals surface area (Å²) in [5.41, 5.74) is 5.48. The zero-order valence-corrected chi connectivity index (χ0v) is 8.71. The molecule has 0 bridgehead atoms. The van der Waals surface area contributed by atoms with E-state index in [0.717, 1.165) is 19.4 Å². The summed E-state index contributed by atoms with van der Waals surface area (Å²) in [4.78, 5) is 4.94. The molecule has 0 aromatic carbocycles. The Morgan fingerprint density at radius 1 is 1.23 bits per heavy atom. The molecule has 3 nitrogen and oxygen atoms in total. The maximum atomic E-state index is 5.48. The molecule has 1 rings (SSSR count). The Bertz CT molecular complexity index is 119. The van der Waals surface area contributed by atoms with Crippen LogP contribution in [0.2, 0.25) is 0 Å². The summed E-state index contributed by atoms with van der Waals surface area (Å²) < 4.78 is 0. The SMILES string of the molecule is CC[CH]N1CCN(CCCN)CC1. The first-order chi connectivity index (χ1) is 6.36. The molecule has 2 N–H and O–H groups in total. The second-order valence-electron chi connectivity index (χ2n) is 3.61. The van der Waals surface area contributed by atoms with Crippen LogP contribution in [0.1, 0.15) is 19.8 Å². The Morgan fingerprint density at radius 2 is 1.92 bits per heavy atom. The van der Waals surface area contributed by atoms with E-state index in [0.29, 0.717) is 0 Å². The van der Waals surface area contributed by atoms with Crippen LogP contribution in [-0.4, -0.2) is 49.1 Å². The van der Waals surface area contributed by atoms with Gasteiger partial charge in [-0.15, -0.1) is 0 Å². The normalized spacial score (nSPS) is 20.8. The van der Waals surface area contributed by atoms with E-state index in [4.69, 9.17) is 5.73 Å². The van der Waals surface area contributed by atoms with Crippen LogP contribution in [-0.2, 0) is 0 Å². The van der Waals surface area contributed by atoms with Crippen molar-refractivity contribution in [1.82, 2.24) is 9.80 Å². The molecule has 1 fully saturated rings. The van der Waals surface area contributed by atoms with Crippen LogP contribution >= 0.6 is 0 Å². The summed E-state index contributed by atoms with van der Waals surface area (Å²) in [5.74, 6) is 0. The molecule has 0 saturated carbocycles. The van der Waals surface area contributed by atoms with Crippen LogP contribution in [0.5, 0.6) is 0 Å². The number of nitrogens with two attached hydrogens (primary N) is 1. The minimum absolute atomic E-state index is 0.821. The van der Waals surface area contributed by atoms with E-state index in [2.05, 4.69) is 23.3 Å². The van der Waals surface area contributed by atoms with Gasteiger partial charge in [0.1, 0.15) is 0 Å². The van der Waals surface area contributed by atoms with Gasteiger partial charge in [-0.1, -0.05) is 6.92 Å². The summed E-state index contributed by atoms with van der Waals surface area (Å²) in [6, 6.07) is 0. The zero-order valence-electron chi connectivity index (χ0n) is 8.71. The molecule has 1 radical (unpaired) electrons. The molecule has 1 aliphatic heterocycles. The topological polar surface area (TPSA) is 32.5 Å². The van der Waals surface area contributed by atoms with Crippen molar-refractivity contribution in [3.8, 4) is 0 Å². The lowest BCUT2D eigenvalue weighted by atomic mass is 10.3. The Labute approximate surface area is 81.9 Å². The second-order valence-corrected chi connectivity index (χ2v) is 3.61. The molecule has 0 aromatic heterocycles. The fourth-order valence-electron chi connectivity index (χ4n) is 1.74. The van der Waals surface area contributed by atoms with E-state index in [1.54, 1.807) is 0 Å². The van der Waals surface area contributed by atoms with E-state index < -0.39 is 0 Å². The maximum absolute atomic E-state index is 5.48. The first kappa shape index (κ1) is 11.0. The van der Waals surface area contributed by atoms with Crippen molar-refractivity contribution in [2.24, 2.45) is 5.73 Å². The van der Waals surface area contributed by atoms with Gasteiger partial charge in [-0.25, -0.2) is 0 Å². The van der Waals surface area contributed by atoms with Gasteiger partial charge in [0.05, 0.1) is 0 Å². The van der Waals surface area contributed by atoms with Crippen LogP contribution in [0, 0.1) is 6.54 Å². The van der Waals surface area contributed by atoms with Crippen molar-refractivity contribution in [3.05, 3.63) is 6.54 Å². The van der Waals surface area contributed by atoms with Gasteiger partial charge in [-0.2, -0.15) is 0 Å². The number of rotatable bonds is 5. The number of hydrogen-bond acceptors (Lipinski definition) is 3. The van der Waals surface area contributed by atoms with Crippen LogP contribution in [0.15, 0.2) is 0 Å². The van der Waals surface area contributed by atoms with E-state index in [1.165, 1.54) is 32.7 Å². The molecule has 0 aromatic rings. The van der Waals surface area contributed by atoms with Gasteiger partial charge < -0.3 is 10.6 Å². The highest BCUT2D eigenvalue weighted by Crippen LogP contribution is 2.05. The molecule has 1 saturated heterocycles. The van der Waals surface area contributed by atoms with Crippen molar-refractivity contribution in [2.45, 2.75) is 19.8 Å². The smallest absolute Gasteiger partial charge is 0.0249 e.